The van der Waals surface area contributed by atoms with Gasteiger partial charge in [0.25, 0.3) is 5.89 Å². The Morgan fingerprint density at radius 1 is 1.11 bits per heavy atom. The fourth-order valence-corrected chi connectivity index (χ4v) is 4.34. The lowest BCUT2D eigenvalue weighted by Gasteiger charge is -2.13. The number of nitrogens with zero attached hydrogens (tertiary/aromatic N) is 3. The van der Waals surface area contributed by atoms with Gasteiger partial charge in [0, 0.05) is 16.7 Å². The van der Waals surface area contributed by atoms with Crippen molar-refractivity contribution in [3.8, 4) is 34.7 Å². The Balaban J connectivity index is 1.34. The molecule has 0 amide bonds. The van der Waals surface area contributed by atoms with E-state index in [1.54, 1.807) is 18.2 Å². The van der Waals surface area contributed by atoms with Gasteiger partial charge in [-0.1, -0.05) is 53.7 Å². The molecule has 3 aromatic carbocycles. The first-order valence-electron chi connectivity index (χ1n) is 12.3. The molecule has 1 aromatic heterocycles. The summed E-state index contributed by atoms with van der Waals surface area (Å²) in [7, 11) is 0. The van der Waals surface area contributed by atoms with Crippen LogP contribution in [0.15, 0.2) is 77.3 Å². The Kier molecular flexibility index (Phi) is 7.03. The highest BCUT2D eigenvalue weighted by Crippen LogP contribution is 2.36. The summed E-state index contributed by atoms with van der Waals surface area (Å²) in [5, 5.41) is 13.7. The van der Waals surface area contributed by atoms with Gasteiger partial charge in [-0.15, -0.1) is 0 Å². The van der Waals surface area contributed by atoms with E-state index in [1.165, 1.54) is 0 Å². The summed E-state index contributed by atoms with van der Waals surface area (Å²) >= 11 is 0. The fraction of sp³-hybridized carbons (Fsp3) is 0.200. The molecular weight excluding hydrogens is 480 g/mol. The molecular formula is C30H26N4O4. The Morgan fingerprint density at radius 2 is 1.89 bits per heavy atom. The third-order valence-electron chi connectivity index (χ3n) is 6.12. The number of nitrogens with two attached hydrogens (primary N) is 1. The van der Waals surface area contributed by atoms with Crippen LogP contribution in [0.5, 0.6) is 5.75 Å². The topological polar surface area (TPSA) is 124 Å². The highest BCUT2D eigenvalue weighted by molar-refractivity contribution is 5.86. The zero-order chi connectivity index (χ0) is 26.6. The molecule has 0 radical (unpaired) electrons. The lowest BCUT2D eigenvalue weighted by atomic mass is 10.0. The van der Waals surface area contributed by atoms with Crippen LogP contribution in [0.3, 0.4) is 0 Å². The molecule has 8 nitrogen and oxygen atoms in total. The van der Waals surface area contributed by atoms with Gasteiger partial charge in [0.1, 0.15) is 23.6 Å². The Labute approximate surface area is 220 Å². The van der Waals surface area contributed by atoms with E-state index < -0.39 is 12.0 Å². The third-order valence-corrected chi connectivity index (χ3v) is 6.12. The van der Waals surface area contributed by atoms with E-state index in [4.69, 9.17) is 19.7 Å². The molecule has 1 heterocycles. The van der Waals surface area contributed by atoms with Crippen molar-refractivity contribution < 1.29 is 18.8 Å². The van der Waals surface area contributed by atoms with Crippen molar-refractivity contribution in [1.82, 2.24) is 10.1 Å². The van der Waals surface area contributed by atoms with E-state index >= 15 is 0 Å². The molecule has 0 aliphatic heterocycles. The highest BCUT2D eigenvalue weighted by Gasteiger charge is 2.25. The standard InChI is InChI=1S/C30H26N4O4/c1-18(2)36-26-13-11-20(16-21(26)17-31)29-33-28(34-38-29)24-10-6-9-23-22(24)12-14-27(23)37-30(35)25(32)15-19-7-4-3-5-8-19/h3-11,13-14,16,18,25H,12,15,32H2,1-2H3. The smallest absolute Gasteiger partial charge is 0.328 e. The average Bonchev–Trinajstić information content (AvgIpc) is 3.57. The van der Waals surface area contributed by atoms with E-state index in [9.17, 15) is 10.1 Å². The van der Waals surface area contributed by atoms with E-state index in [0.717, 1.165) is 22.3 Å². The zero-order valence-electron chi connectivity index (χ0n) is 21.0. The van der Waals surface area contributed by atoms with Crippen molar-refractivity contribution in [2.75, 3.05) is 0 Å². The molecule has 1 atom stereocenters. The van der Waals surface area contributed by atoms with Crippen molar-refractivity contribution >= 4 is 11.7 Å². The Bertz CT molecular complexity index is 1550. The number of fused-ring (bicyclic) bond motifs is 1. The van der Waals surface area contributed by atoms with Crippen LogP contribution >= 0.6 is 0 Å². The van der Waals surface area contributed by atoms with Crippen LogP contribution < -0.4 is 10.5 Å². The molecule has 0 spiro atoms. The number of rotatable bonds is 8. The summed E-state index contributed by atoms with van der Waals surface area (Å²) in [6.45, 7) is 3.80. The first-order valence-corrected chi connectivity index (χ1v) is 12.3. The van der Waals surface area contributed by atoms with Crippen LogP contribution in [-0.2, 0) is 22.4 Å². The van der Waals surface area contributed by atoms with Crippen LogP contribution in [0, 0.1) is 11.3 Å². The summed E-state index contributed by atoms with van der Waals surface area (Å²) in [5.41, 5.74) is 10.6. The van der Waals surface area contributed by atoms with E-state index in [-0.39, 0.29) is 12.0 Å². The second-order valence-corrected chi connectivity index (χ2v) is 9.23. The number of carbonyl (C=O) groups excluding carboxylic acids is 1. The van der Waals surface area contributed by atoms with E-state index in [1.807, 2.05) is 68.5 Å². The molecule has 5 rings (SSSR count). The van der Waals surface area contributed by atoms with Gasteiger partial charge in [0.05, 0.1) is 11.7 Å². The minimum atomic E-state index is -0.777. The largest absolute Gasteiger partial charge is 0.490 e. The minimum Gasteiger partial charge on any atom is -0.490 e. The summed E-state index contributed by atoms with van der Waals surface area (Å²) < 4.78 is 16.9. The number of hydrogen-bond acceptors (Lipinski definition) is 8. The quantitative estimate of drug-likeness (QED) is 0.328. The molecule has 2 N–H and O–H groups in total. The minimum absolute atomic E-state index is 0.0551. The number of carbonyl (C=O) groups is 1. The number of ether oxygens (including phenoxy) is 2. The molecule has 1 aliphatic carbocycles. The molecule has 0 fully saturated rings. The maximum Gasteiger partial charge on any atom is 0.328 e. The van der Waals surface area contributed by atoms with Gasteiger partial charge >= 0.3 is 5.97 Å². The maximum atomic E-state index is 12.7. The number of benzene rings is 3. The summed E-state index contributed by atoms with van der Waals surface area (Å²) in [6.07, 6.45) is 2.74. The van der Waals surface area contributed by atoms with Crippen molar-refractivity contribution in [1.29, 1.82) is 5.26 Å². The summed E-state index contributed by atoms with van der Waals surface area (Å²) in [6, 6.07) is 21.8. The summed E-state index contributed by atoms with van der Waals surface area (Å²) in [5.74, 6) is 1.18. The number of aromatic nitrogens is 2. The van der Waals surface area contributed by atoms with E-state index in [2.05, 4.69) is 16.2 Å². The van der Waals surface area contributed by atoms with Gasteiger partial charge in [-0.2, -0.15) is 10.2 Å². The monoisotopic (exact) mass is 506 g/mol. The van der Waals surface area contributed by atoms with E-state index in [0.29, 0.717) is 41.3 Å². The Hall–Kier alpha value is -4.74. The van der Waals surface area contributed by atoms with Crippen LogP contribution in [0.2, 0.25) is 0 Å². The lowest BCUT2D eigenvalue weighted by Crippen LogP contribution is -2.34. The maximum absolute atomic E-state index is 12.7. The van der Waals surface area contributed by atoms with Gasteiger partial charge in [0.2, 0.25) is 5.82 Å². The molecule has 1 aliphatic rings. The number of hydrogen-bond donors (Lipinski definition) is 1. The number of allylic oxidation sites excluding steroid dienone is 1. The van der Waals surface area contributed by atoms with Gasteiger partial charge in [-0.3, -0.25) is 0 Å². The molecule has 1 unspecified atom stereocenters. The second kappa shape index (κ2) is 10.7. The third kappa shape index (κ3) is 5.19. The molecule has 0 saturated heterocycles. The van der Waals surface area contributed by atoms with Crippen LogP contribution in [0.1, 0.15) is 36.1 Å². The van der Waals surface area contributed by atoms with Crippen molar-refractivity contribution in [2.45, 2.75) is 38.8 Å². The first-order chi connectivity index (χ1) is 18.4. The first kappa shape index (κ1) is 24.9. The van der Waals surface area contributed by atoms with Gasteiger partial charge < -0.3 is 19.7 Å². The fourth-order valence-electron chi connectivity index (χ4n) is 4.34. The van der Waals surface area contributed by atoms with Gasteiger partial charge in [-0.25, -0.2) is 4.79 Å². The molecule has 190 valence electrons. The van der Waals surface area contributed by atoms with Gasteiger partial charge in [-0.05, 0) is 62.1 Å². The molecule has 0 saturated carbocycles. The zero-order valence-corrected chi connectivity index (χ0v) is 21.0. The average molecular weight is 507 g/mol. The summed E-state index contributed by atoms with van der Waals surface area (Å²) in [4.78, 5) is 17.3. The van der Waals surface area contributed by atoms with Crippen LogP contribution in [-0.4, -0.2) is 28.3 Å². The SMILES string of the molecule is CC(C)Oc1ccc(-c2nc(-c3cccc4c3CC=C4OC(=O)C(N)Cc3ccccc3)no2)cc1C#N. The van der Waals surface area contributed by atoms with Crippen molar-refractivity contribution in [3.63, 3.8) is 0 Å². The lowest BCUT2D eigenvalue weighted by molar-refractivity contribution is -0.138. The highest BCUT2D eigenvalue weighted by atomic mass is 16.5. The van der Waals surface area contributed by atoms with Crippen LogP contribution in [0.25, 0.3) is 28.6 Å². The normalized spacial score (nSPS) is 13.0. The molecule has 8 heteroatoms. The molecule has 38 heavy (non-hydrogen) atoms. The Morgan fingerprint density at radius 3 is 2.66 bits per heavy atom. The predicted octanol–water partition coefficient (Wildman–Crippen LogP) is 5.07. The van der Waals surface area contributed by atoms with Gasteiger partial charge in [0.15, 0.2) is 0 Å². The van der Waals surface area contributed by atoms with Crippen molar-refractivity contribution in [2.24, 2.45) is 5.73 Å². The second-order valence-electron chi connectivity index (χ2n) is 9.23. The number of nitriles is 1. The predicted molar refractivity (Wildman–Crippen MR) is 142 cm³/mol. The molecule has 0 bridgehead atoms. The molecule has 4 aromatic rings. The van der Waals surface area contributed by atoms with Crippen molar-refractivity contribution in [3.05, 3.63) is 95.1 Å². The number of esters is 1. The van der Waals surface area contributed by atoms with Crippen LogP contribution in [0.4, 0.5) is 0 Å².